The number of anilines is 2. The van der Waals surface area contributed by atoms with E-state index in [0.717, 1.165) is 37.5 Å². The van der Waals surface area contributed by atoms with Crippen LogP contribution >= 0.6 is 0 Å². The van der Waals surface area contributed by atoms with Gasteiger partial charge in [0.2, 0.25) is 0 Å². The molecule has 4 heteroatoms. The molecule has 0 amide bonds. The van der Waals surface area contributed by atoms with Gasteiger partial charge in [-0.15, -0.1) is 0 Å². The zero-order valence-electron chi connectivity index (χ0n) is 16.6. The molecule has 0 fully saturated rings. The van der Waals surface area contributed by atoms with E-state index in [1.54, 1.807) is 0 Å². The number of nitrogens with zero attached hydrogens (tertiary/aromatic N) is 2. The smallest absolute Gasteiger partial charge is 0.0993 e. The predicted octanol–water partition coefficient (Wildman–Crippen LogP) is 5.15. The van der Waals surface area contributed by atoms with E-state index >= 15 is 0 Å². The second-order valence-electron chi connectivity index (χ2n) is 7.24. The summed E-state index contributed by atoms with van der Waals surface area (Å²) in [6.45, 7) is 7.61. The number of fused-ring (bicyclic) bond motifs is 1. The lowest BCUT2D eigenvalue weighted by molar-refractivity contribution is 0.0280. The van der Waals surface area contributed by atoms with Gasteiger partial charge < -0.3 is 10.1 Å². The van der Waals surface area contributed by atoms with Crippen LogP contribution in [0, 0.1) is 6.92 Å². The molecule has 1 aliphatic rings. The van der Waals surface area contributed by atoms with E-state index in [1.165, 1.54) is 27.9 Å². The maximum Gasteiger partial charge on any atom is 0.0993 e. The van der Waals surface area contributed by atoms with E-state index in [1.807, 2.05) is 25.3 Å². The third kappa shape index (κ3) is 4.08. The highest BCUT2D eigenvalue weighted by atomic mass is 16.5. The Morgan fingerprint density at radius 1 is 1.11 bits per heavy atom. The zero-order chi connectivity index (χ0) is 19.3. The number of aromatic nitrogens is 1. The third-order valence-corrected chi connectivity index (χ3v) is 5.28. The standard InChI is InChI=1S/C24H27N3O/c1-3-28-17-27-14-12-21-19(16-27)7-6-9-24(21)26-20-11-10-18(2)22(15-20)23-8-4-5-13-25-23/h4-11,13,15,26H,3,12,14,16-17H2,1-2H3. The molecule has 4 rings (SSSR count). The average molecular weight is 374 g/mol. The van der Waals surface area contributed by atoms with Crippen LogP contribution in [0.2, 0.25) is 0 Å². The number of rotatable bonds is 6. The SMILES string of the molecule is CCOCN1CCc2c(cccc2Nc2ccc(C)c(-c3ccccn3)c2)C1. The summed E-state index contributed by atoms with van der Waals surface area (Å²) in [5.74, 6) is 0. The number of hydrogen-bond donors (Lipinski definition) is 1. The van der Waals surface area contributed by atoms with Gasteiger partial charge in [0.25, 0.3) is 0 Å². The van der Waals surface area contributed by atoms with Gasteiger partial charge in [0.05, 0.1) is 12.4 Å². The normalized spacial score (nSPS) is 13.9. The third-order valence-electron chi connectivity index (χ3n) is 5.28. The molecule has 0 bridgehead atoms. The molecule has 2 aromatic carbocycles. The molecule has 0 atom stereocenters. The number of hydrogen-bond acceptors (Lipinski definition) is 4. The molecule has 3 aromatic rings. The summed E-state index contributed by atoms with van der Waals surface area (Å²) >= 11 is 0. The Morgan fingerprint density at radius 3 is 2.86 bits per heavy atom. The number of aryl methyl sites for hydroxylation is 1. The fourth-order valence-electron chi connectivity index (χ4n) is 3.77. The van der Waals surface area contributed by atoms with Crippen molar-refractivity contribution in [3.63, 3.8) is 0 Å². The molecule has 0 saturated heterocycles. The first-order chi connectivity index (χ1) is 13.7. The molecule has 4 nitrogen and oxygen atoms in total. The van der Waals surface area contributed by atoms with Gasteiger partial charge in [-0.25, -0.2) is 0 Å². The van der Waals surface area contributed by atoms with Crippen molar-refractivity contribution in [1.82, 2.24) is 9.88 Å². The lowest BCUT2D eigenvalue weighted by Crippen LogP contribution is -2.32. The minimum absolute atomic E-state index is 0.707. The molecular formula is C24H27N3O. The first-order valence-electron chi connectivity index (χ1n) is 9.94. The van der Waals surface area contributed by atoms with Gasteiger partial charge in [-0.05, 0) is 67.3 Å². The number of nitrogens with one attached hydrogen (secondary N) is 1. The van der Waals surface area contributed by atoms with E-state index < -0.39 is 0 Å². The maximum absolute atomic E-state index is 5.58. The van der Waals surface area contributed by atoms with Gasteiger partial charge in [-0.3, -0.25) is 9.88 Å². The summed E-state index contributed by atoms with van der Waals surface area (Å²) in [5, 5.41) is 3.65. The van der Waals surface area contributed by atoms with Crippen LogP contribution < -0.4 is 5.32 Å². The summed E-state index contributed by atoms with van der Waals surface area (Å²) in [6, 6.07) is 19.1. The molecular weight excluding hydrogens is 346 g/mol. The molecule has 1 N–H and O–H groups in total. The van der Waals surface area contributed by atoms with E-state index in [4.69, 9.17) is 4.74 Å². The highest BCUT2D eigenvalue weighted by Crippen LogP contribution is 2.31. The van der Waals surface area contributed by atoms with Crippen LogP contribution in [0.25, 0.3) is 11.3 Å². The van der Waals surface area contributed by atoms with Crippen LogP contribution in [0.15, 0.2) is 60.8 Å². The first kappa shape index (κ1) is 18.7. The quantitative estimate of drug-likeness (QED) is 0.648. The van der Waals surface area contributed by atoms with Crippen molar-refractivity contribution in [2.24, 2.45) is 0 Å². The van der Waals surface area contributed by atoms with Crippen LogP contribution in [-0.2, 0) is 17.7 Å². The number of benzene rings is 2. The van der Waals surface area contributed by atoms with Gasteiger partial charge in [0.1, 0.15) is 0 Å². The molecule has 0 aliphatic carbocycles. The summed E-state index contributed by atoms with van der Waals surface area (Å²) in [7, 11) is 0. The van der Waals surface area contributed by atoms with Crippen LogP contribution in [0.1, 0.15) is 23.6 Å². The largest absolute Gasteiger partial charge is 0.366 e. The fourth-order valence-corrected chi connectivity index (χ4v) is 3.77. The number of pyridine rings is 1. The van der Waals surface area contributed by atoms with Crippen LogP contribution in [-0.4, -0.2) is 29.8 Å². The minimum atomic E-state index is 0.707. The van der Waals surface area contributed by atoms with Gasteiger partial charge in [-0.1, -0.05) is 24.3 Å². The lowest BCUT2D eigenvalue weighted by Gasteiger charge is -2.29. The Morgan fingerprint density at radius 2 is 2.04 bits per heavy atom. The Balaban J connectivity index is 1.58. The maximum atomic E-state index is 5.58. The summed E-state index contributed by atoms with van der Waals surface area (Å²) in [6.07, 6.45) is 2.88. The molecule has 0 radical (unpaired) electrons. The number of ether oxygens (including phenoxy) is 1. The molecule has 1 aliphatic heterocycles. The lowest BCUT2D eigenvalue weighted by atomic mass is 9.97. The van der Waals surface area contributed by atoms with E-state index in [9.17, 15) is 0 Å². The van der Waals surface area contributed by atoms with Crippen molar-refractivity contribution in [3.05, 3.63) is 77.5 Å². The van der Waals surface area contributed by atoms with Crippen molar-refractivity contribution in [2.75, 3.05) is 25.2 Å². The molecule has 28 heavy (non-hydrogen) atoms. The fraction of sp³-hybridized carbons (Fsp3) is 0.292. The predicted molar refractivity (Wildman–Crippen MR) is 115 cm³/mol. The molecule has 0 spiro atoms. The van der Waals surface area contributed by atoms with Crippen molar-refractivity contribution in [3.8, 4) is 11.3 Å². The van der Waals surface area contributed by atoms with Crippen molar-refractivity contribution < 1.29 is 4.74 Å². The van der Waals surface area contributed by atoms with Crippen molar-refractivity contribution in [1.29, 1.82) is 0 Å². The highest BCUT2D eigenvalue weighted by Gasteiger charge is 2.18. The topological polar surface area (TPSA) is 37.4 Å². The summed E-state index contributed by atoms with van der Waals surface area (Å²) in [4.78, 5) is 6.88. The molecule has 2 heterocycles. The van der Waals surface area contributed by atoms with Gasteiger partial charge >= 0.3 is 0 Å². The Labute approximate surface area is 167 Å². The van der Waals surface area contributed by atoms with E-state index in [2.05, 4.69) is 64.6 Å². The second kappa shape index (κ2) is 8.55. The molecule has 0 unspecified atom stereocenters. The first-order valence-corrected chi connectivity index (χ1v) is 9.94. The minimum Gasteiger partial charge on any atom is -0.366 e. The molecule has 0 saturated carbocycles. The van der Waals surface area contributed by atoms with Crippen LogP contribution in [0.3, 0.4) is 0 Å². The molecule has 144 valence electrons. The second-order valence-corrected chi connectivity index (χ2v) is 7.24. The Hall–Kier alpha value is -2.69. The van der Waals surface area contributed by atoms with E-state index in [-0.39, 0.29) is 0 Å². The summed E-state index contributed by atoms with van der Waals surface area (Å²) in [5.41, 5.74) is 8.48. The van der Waals surface area contributed by atoms with E-state index in [0.29, 0.717) is 6.73 Å². The van der Waals surface area contributed by atoms with Crippen LogP contribution in [0.5, 0.6) is 0 Å². The van der Waals surface area contributed by atoms with Crippen molar-refractivity contribution in [2.45, 2.75) is 26.8 Å². The van der Waals surface area contributed by atoms with Crippen LogP contribution in [0.4, 0.5) is 11.4 Å². The summed E-state index contributed by atoms with van der Waals surface area (Å²) < 4.78 is 5.58. The monoisotopic (exact) mass is 373 g/mol. The van der Waals surface area contributed by atoms with Gasteiger partial charge in [0.15, 0.2) is 0 Å². The molecule has 1 aromatic heterocycles. The van der Waals surface area contributed by atoms with Gasteiger partial charge in [0, 0.05) is 42.8 Å². The average Bonchev–Trinajstić information content (AvgIpc) is 2.74. The Bertz CT molecular complexity index is 940. The Kier molecular flexibility index (Phi) is 5.70. The van der Waals surface area contributed by atoms with Crippen molar-refractivity contribution >= 4 is 11.4 Å². The highest BCUT2D eigenvalue weighted by molar-refractivity contribution is 5.73. The zero-order valence-corrected chi connectivity index (χ0v) is 16.6. The van der Waals surface area contributed by atoms with Gasteiger partial charge in [-0.2, -0.15) is 0 Å².